The molecule has 0 aliphatic rings. The Hall–Kier alpha value is -2.73. The molecule has 0 amide bonds. The summed E-state index contributed by atoms with van der Waals surface area (Å²) in [6, 6.07) is 9.68. The third-order valence-electron chi connectivity index (χ3n) is 5.52. The maximum atomic E-state index is 5.58. The fourth-order valence-corrected chi connectivity index (χ4v) is 9.28. The molecule has 1 aromatic carbocycles. The molecule has 2 rings (SSSR count). The third-order valence-corrected chi connectivity index (χ3v) is 11.8. The highest BCUT2D eigenvalue weighted by Gasteiger charge is 2.41. The van der Waals surface area contributed by atoms with Gasteiger partial charge in [0.2, 0.25) is 0 Å². The van der Waals surface area contributed by atoms with E-state index in [1.807, 2.05) is 30.3 Å². The van der Waals surface area contributed by atoms with Crippen LogP contribution in [-0.4, -0.2) is 13.1 Å². The molecule has 0 aliphatic heterocycles. The summed E-state index contributed by atoms with van der Waals surface area (Å²) in [7, 11) is -1.79. The minimum Gasteiger partial charge on any atom is -0.263 e. The zero-order chi connectivity index (χ0) is 20.7. The van der Waals surface area contributed by atoms with Gasteiger partial charge in [0, 0.05) is 29.1 Å². The predicted octanol–water partition coefficient (Wildman–Crippen LogP) is 6.03. The van der Waals surface area contributed by atoms with Crippen molar-refractivity contribution in [3.63, 3.8) is 0 Å². The van der Waals surface area contributed by atoms with E-state index >= 15 is 0 Å². The van der Waals surface area contributed by atoms with E-state index in [2.05, 4.69) is 75.8 Å². The van der Waals surface area contributed by atoms with E-state index in [0.29, 0.717) is 16.6 Å². The van der Waals surface area contributed by atoms with Gasteiger partial charge in [-0.3, -0.25) is 4.98 Å². The molecule has 142 valence electrons. The molecule has 2 aromatic rings. The van der Waals surface area contributed by atoms with Crippen LogP contribution >= 0.6 is 0 Å². The summed E-state index contributed by atoms with van der Waals surface area (Å²) in [5.41, 5.74) is 9.00. The van der Waals surface area contributed by atoms with Crippen LogP contribution in [0.3, 0.4) is 0 Å². The van der Waals surface area contributed by atoms with Gasteiger partial charge in [-0.2, -0.15) is 0 Å². The van der Waals surface area contributed by atoms with Gasteiger partial charge < -0.3 is 0 Å². The zero-order valence-electron chi connectivity index (χ0n) is 17.8. The van der Waals surface area contributed by atoms with Crippen LogP contribution in [0.2, 0.25) is 16.6 Å². The average molecular weight is 384 g/mol. The SMILES string of the molecule is C#Cc1ccccc1C#Cc1cnccc1C#C[Si](C(C)C)(C(C)C)C(C)C. The molecular formula is C26H29NSi. The smallest absolute Gasteiger partial charge is 0.146 e. The lowest BCUT2D eigenvalue weighted by Crippen LogP contribution is -2.43. The van der Waals surface area contributed by atoms with Crippen LogP contribution in [0.1, 0.15) is 63.8 Å². The molecule has 2 heteroatoms. The van der Waals surface area contributed by atoms with E-state index in [9.17, 15) is 0 Å². The first kappa shape index (κ1) is 21.6. The number of hydrogen-bond acceptors (Lipinski definition) is 1. The molecule has 0 unspecified atom stereocenters. The van der Waals surface area contributed by atoms with Gasteiger partial charge in [0.25, 0.3) is 0 Å². The van der Waals surface area contributed by atoms with Crippen LogP contribution in [0.25, 0.3) is 0 Å². The lowest BCUT2D eigenvalue weighted by atomic mass is 10.1. The number of nitrogens with zero attached hydrogens (tertiary/aromatic N) is 1. The Labute approximate surface area is 172 Å². The Bertz CT molecular complexity index is 963. The minimum absolute atomic E-state index is 0.596. The Balaban J connectivity index is 2.52. The van der Waals surface area contributed by atoms with Gasteiger partial charge >= 0.3 is 0 Å². The molecule has 0 saturated carbocycles. The van der Waals surface area contributed by atoms with Crippen molar-refractivity contribution >= 4 is 8.07 Å². The van der Waals surface area contributed by atoms with E-state index in [1.165, 1.54) is 0 Å². The number of aromatic nitrogens is 1. The normalized spacial score (nSPS) is 10.9. The molecule has 1 heterocycles. The van der Waals surface area contributed by atoms with Gasteiger partial charge in [-0.15, -0.1) is 12.0 Å². The Morgan fingerprint density at radius 1 is 0.750 bits per heavy atom. The lowest BCUT2D eigenvalue weighted by molar-refractivity contribution is 0.838. The Morgan fingerprint density at radius 2 is 1.29 bits per heavy atom. The van der Waals surface area contributed by atoms with E-state index < -0.39 is 8.07 Å². The second kappa shape index (κ2) is 9.46. The van der Waals surface area contributed by atoms with Crippen LogP contribution in [0, 0.1) is 35.6 Å². The van der Waals surface area contributed by atoms with E-state index in [-0.39, 0.29) is 0 Å². The van der Waals surface area contributed by atoms with Crippen molar-refractivity contribution in [2.75, 3.05) is 0 Å². The lowest BCUT2D eigenvalue weighted by Gasteiger charge is -2.38. The molecule has 0 aliphatic carbocycles. The minimum atomic E-state index is -1.79. The summed E-state index contributed by atoms with van der Waals surface area (Å²) in [6.07, 6.45) is 9.16. The Morgan fingerprint density at radius 3 is 1.86 bits per heavy atom. The van der Waals surface area contributed by atoms with Crippen LogP contribution in [0.5, 0.6) is 0 Å². The fraction of sp³-hybridized carbons (Fsp3) is 0.346. The second-order valence-corrected chi connectivity index (χ2v) is 13.6. The van der Waals surface area contributed by atoms with E-state index in [4.69, 9.17) is 6.42 Å². The van der Waals surface area contributed by atoms with Crippen LogP contribution in [0.15, 0.2) is 42.7 Å². The first-order valence-electron chi connectivity index (χ1n) is 9.87. The van der Waals surface area contributed by atoms with Crippen molar-refractivity contribution < 1.29 is 0 Å². The summed E-state index contributed by atoms with van der Waals surface area (Å²) in [6.45, 7) is 13.9. The maximum Gasteiger partial charge on any atom is 0.146 e. The molecule has 0 saturated heterocycles. The third kappa shape index (κ3) is 4.57. The highest BCUT2D eigenvalue weighted by molar-refractivity contribution is 6.90. The molecule has 28 heavy (non-hydrogen) atoms. The Kier molecular flexibility index (Phi) is 7.29. The first-order valence-corrected chi connectivity index (χ1v) is 12.1. The summed E-state index contributed by atoms with van der Waals surface area (Å²) in [5, 5.41) is 0. The highest BCUT2D eigenvalue weighted by atomic mass is 28.3. The highest BCUT2D eigenvalue weighted by Crippen LogP contribution is 2.40. The summed E-state index contributed by atoms with van der Waals surface area (Å²) < 4.78 is 0. The van der Waals surface area contributed by atoms with Crippen molar-refractivity contribution in [3.05, 3.63) is 65.0 Å². The zero-order valence-corrected chi connectivity index (χ0v) is 18.8. The summed E-state index contributed by atoms with van der Waals surface area (Å²) in [4.78, 5) is 4.25. The standard InChI is InChI=1S/C26H29NSi/c1-8-23-11-9-10-12-24(23)13-14-26-19-27-17-15-25(26)16-18-28(20(2)3,21(4)5)22(6)7/h1,9-12,15,17,19-22H,2-7H3. The van der Waals surface area contributed by atoms with Crippen molar-refractivity contribution in [3.8, 4) is 35.6 Å². The molecule has 0 bridgehead atoms. The molecular weight excluding hydrogens is 354 g/mol. The van der Waals surface area contributed by atoms with Crippen molar-refractivity contribution in [2.45, 2.75) is 58.2 Å². The number of rotatable bonds is 3. The van der Waals surface area contributed by atoms with Gasteiger partial charge in [0.1, 0.15) is 8.07 Å². The predicted molar refractivity (Wildman–Crippen MR) is 123 cm³/mol. The number of pyridine rings is 1. The molecule has 0 radical (unpaired) electrons. The summed E-state index contributed by atoms with van der Waals surface area (Å²) >= 11 is 0. The monoisotopic (exact) mass is 383 g/mol. The number of terminal acetylenes is 1. The van der Waals surface area contributed by atoms with Gasteiger partial charge in [-0.05, 0) is 34.8 Å². The number of benzene rings is 1. The quantitative estimate of drug-likeness (QED) is 0.466. The first-order chi connectivity index (χ1) is 13.3. The molecule has 0 N–H and O–H groups in total. The van der Waals surface area contributed by atoms with Gasteiger partial charge in [0.15, 0.2) is 0 Å². The summed E-state index contributed by atoms with van der Waals surface area (Å²) in [5.74, 6) is 12.6. The molecule has 1 aromatic heterocycles. The molecule has 0 atom stereocenters. The molecule has 0 fully saturated rings. The fourth-order valence-electron chi connectivity index (χ4n) is 4.06. The largest absolute Gasteiger partial charge is 0.263 e. The van der Waals surface area contributed by atoms with E-state index in [0.717, 1.165) is 22.3 Å². The van der Waals surface area contributed by atoms with Crippen LogP contribution < -0.4 is 0 Å². The van der Waals surface area contributed by atoms with Crippen molar-refractivity contribution in [2.24, 2.45) is 0 Å². The molecule has 0 spiro atoms. The van der Waals surface area contributed by atoms with E-state index in [1.54, 1.807) is 12.4 Å². The van der Waals surface area contributed by atoms with Crippen molar-refractivity contribution in [1.29, 1.82) is 0 Å². The van der Waals surface area contributed by atoms with Crippen LogP contribution in [0.4, 0.5) is 0 Å². The van der Waals surface area contributed by atoms with Crippen LogP contribution in [-0.2, 0) is 0 Å². The van der Waals surface area contributed by atoms with Crippen molar-refractivity contribution in [1.82, 2.24) is 4.98 Å². The topological polar surface area (TPSA) is 12.9 Å². The van der Waals surface area contributed by atoms with Gasteiger partial charge in [0.05, 0.1) is 5.56 Å². The second-order valence-electron chi connectivity index (χ2n) is 8.01. The average Bonchev–Trinajstić information content (AvgIpc) is 2.67. The maximum absolute atomic E-state index is 5.58. The molecule has 1 nitrogen and oxygen atoms in total. The van der Waals surface area contributed by atoms with Gasteiger partial charge in [-0.1, -0.05) is 77.4 Å². The van der Waals surface area contributed by atoms with Gasteiger partial charge in [-0.25, -0.2) is 0 Å². The number of hydrogen-bond donors (Lipinski definition) is 0.